The van der Waals surface area contributed by atoms with Crippen LogP contribution in [-0.4, -0.2) is 36.7 Å². The second kappa shape index (κ2) is 5.70. The van der Waals surface area contributed by atoms with Crippen molar-refractivity contribution in [1.82, 2.24) is 0 Å². The third-order valence-electron chi connectivity index (χ3n) is 4.96. The van der Waals surface area contributed by atoms with Gasteiger partial charge in [0.25, 0.3) is 0 Å². The molecule has 0 aromatic heterocycles. The molecule has 2 bridgehead atoms. The summed E-state index contributed by atoms with van der Waals surface area (Å²) in [6.07, 6.45) is 4.25. The van der Waals surface area contributed by atoms with E-state index in [9.17, 15) is 9.59 Å². The quantitative estimate of drug-likeness (QED) is 0.584. The van der Waals surface area contributed by atoms with E-state index >= 15 is 0 Å². The van der Waals surface area contributed by atoms with Gasteiger partial charge in [-0.25, -0.2) is 0 Å². The molecule has 1 aromatic rings. The molecule has 1 amide bonds. The van der Waals surface area contributed by atoms with E-state index in [1.165, 1.54) is 0 Å². The fourth-order valence-electron chi connectivity index (χ4n) is 3.91. The Hall–Kier alpha value is -1.66. The van der Waals surface area contributed by atoms with Crippen molar-refractivity contribution in [3.63, 3.8) is 0 Å². The Balaban J connectivity index is 1.64. The third kappa shape index (κ3) is 2.24. The number of nitrogens with zero attached hydrogens (tertiary/aromatic N) is 1. The molecule has 1 spiro atoms. The fourth-order valence-corrected chi connectivity index (χ4v) is 4.17. The zero-order valence-corrected chi connectivity index (χ0v) is 14.9. The smallest absolute Gasteiger partial charge is 0.312 e. The van der Waals surface area contributed by atoms with Crippen LogP contribution in [0.1, 0.15) is 13.3 Å². The normalized spacial score (nSPS) is 33.2. The van der Waals surface area contributed by atoms with Crippen LogP contribution in [0.15, 0.2) is 40.9 Å². The summed E-state index contributed by atoms with van der Waals surface area (Å²) < 4.78 is 12.3. The lowest BCUT2D eigenvalue weighted by molar-refractivity contribution is -0.152. The number of anilines is 1. The van der Waals surface area contributed by atoms with Crippen molar-refractivity contribution in [2.45, 2.75) is 25.0 Å². The highest BCUT2D eigenvalue weighted by atomic mass is 79.9. The molecule has 4 unspecified atom stereocenters. The molecule has 0 saturated carbocycles. The number of esters is 1. The van der Waals surface area contributed by atoms with E-state index in [0.29, 0.717) is 13.2 Å². The molecule has 0 N–H and O–H groups in total. The van der Waals surface area contributed by atoms with E-state index in [2.05, 4.69) is 15.9 Å². The summed E-state index contributed by atoms with van der Waals surface area (Å²) in [6, 6.07) is 7.57. The Morgan fingerprint density at radius 2 is 2.17 bits per heavy atom. The summed E-state index contributed by atoms with van der Waals surface area (Å²) >= 11 is 3.40. The second-order valence-electron chi connectivity index (χ2n) is 6.47. The Kier molecular flexibility index (Phi) is 3.77. The van der Waals surface area contributed by atoms with Crippen molar-refractivity contribution in [1.29, 1.82) is 0 Å². The van der Waals surface area contributed by atoms with E-state index in [0.717, 1.165) is 16.6 Å². The Morgan fingerprint density at radius 3 is 2.88 bits per heavy atom. The maximum absolute atomic E-state index is 13.0. The summed E-state index contributed by atoms with van der Waals surface area (Å²) in [5.74, 6) is -1.44. The largest absolute Gasteiger partial charge is 0.465 e. The molecule has 0 aliphatic carbocycles. The molecule has 3 heterocycles. The summed E-state index contributed by atoms with van der Waals surface area (Å²) in [7, 11) is 0. The fraction of sp³-hybridized carbons (Fsp3) is 0.444. The highest BCUT2D eigenvalue weighted by Crippen LogP contribution is 2.52. The van der Waals surface area contributed by atoms with Crippen LogP contribution in [0.5, 0.6) is 0 Å². The molecule has 0 radical (unpaired) electrons. The SMILES string of the molecule is CCCOC(=O)C1C2C=CC3(CN(c4ccc(Br)cc4)C(=O)C13)O2. The molecule has 1 aromatic carbocycles. The van der Waals surface area contributed by atoms with Crippen LogP contribution in [0.25, 0.3) is 0 Å². The molecule has 5 nitrogen and oxygen atoms in total. The Morgan fingerprint density at radius 1 is 1.42 bits per heavy atom. The number of ether oxygens (including phenoxy) is 2. The van der Waals surface area contributed by atoms with Gasteiger partial charge in [0.2, 0.25) is 5.91 Å². The lowest BCUT2D eigenvalue weighted by Gasteiger charge is -2.22. The third-order valence-corrected chi connectivity index (χ3v) is 5.49. The van der Waals surface area contributed by atoms with Gasteiger partial charge in [0.05, 0.1) is 25.2 Å². The van der Waals surface area contributed by atoms with Crippen LogP contribution in [0, 0.1) is 11.8 Å². The zero-order chi connectivity index (χ0) is 16.9. The minimum absolute atomic E-state index is 0.0670. The molecule has 2 saturated heterocycles. The van der Waals surface area contributed by atoms with Gasteiger partial charge >= 0.3 is 5.97 Å². The predicted molar refractivity (Wildman–Crippen MR) is 91.5 cm³/mol. The van der Waals surface area contributed by atoms with Crippen molar-refractivity contribution >= 4 is 33.5 Å². The van der Waals surface area contributed by atoms with Crippen molar-refractivity contribution in [3.8, 4) is 0 Å². The number of fused-ring (bicyclic) bond motifs is 1. The van der Waals surface area contributed by atoms with E-state index in [1.807, 2.05) is 43.3 Å². The standard InChI is InChI=1S/C18H18BrNO4/c1-2-9-23-17(22)14-13-7-8-18(24-13)10-20(16(21)15(14)18)12-5-3-11(19)4-6-12/h3-8,13-15H,2,9-10H2,1H3. The molecule has 126 valence electrons. The average molecular weight is 392 g/mol. The molecular formula is C18H18BrNO4. The van der Waals surface area contributed by atoms with E-state index < -0.39 is 17.4 Å². The maximum atomic E-state index is 13.0. The number of halogens is 1. The van der Waals surface area contributed by atoms with Gasteiger partial charge in [-0.2, -0.15) is 0 Å². The molecule has 24 heavy (non-hydrogen) atoms. The number of benzene rings is 1. The zero-order valence-electron chi connectivity index (χ0n) is 13.3. The van der Waals surface area contributed by atoms with Gasteiger partial charge in [-0.3, -0.25) is 9.59 Å². The maximum Gasteiger partial charge on any atom is 0.312 e. The topological polar surface area (TPSA) is 55.8 Å². The first kappa shape index (κ1) is 15.8. The Bertz CT molecular complexity index is 716. The lowest BCUT2D eigenvalue weighted by Crippen LogP contribution is -2.40. The Labute approximate surface area is 148 Å². The molecular weight excluding hydrogens is 374 g/mol. The van der Waals surface area contributed by atoms with Crippen molar-refractivity contribution in [3.05, 3.63) is 40.9 Å². The monoisotopic (exact) mass is 391 g/mol. The summed E-state index contributed by atoms with van der Waals surface area (Å²) in [4.78, 5) is 27.2. The van der Waals surface area contributed by atoms with Crippen molar-refractivity contribution < 1.29 is 19.1 Å². The number of carbonyl (C=O) groups is 2. The van der Waals surface area contributed by atoms with Crippen molar-refractivity contribution in [2.24, 2.45) is 11.8 Å². The highest BCUT2D eigenvalue weighted by molar-refractivity contribution is 9.10. The van der Waals surface area contributed by atoms with Crippen LogP contribution in [0.2, 0.25) is 0 Å². The molecule has 6 heteroatoms. The molecule has 4 atom stereocenters. The molecule has 3 aliphatic heterocycles. The van der Waals surface area contributed by atoms with Gasteiger partial charge < -0.3 is 14.4 Å². The lowest BCUT2D eigenvalue weighted by atomic mass is 9.77. The second-order valence-corrected chi connectivity index (χ2v) is 7.38. The first-order valence-electron chi connectivity index (χ1n) is 8.16. The van der Waals surface area contributed by atoms with Gasteiger partial charge in [-0.05, 0) is 30.7 Å². The summed E-state index contributed by atoms with van der Waals surface area (Å²) in [5.41, 5.74) is 0.109. The van der Waals surface area contributed by atoms with E-state index in [-0.39, 0.29) is 18.0 Å². The predicted octanol–water partition coefficient (Wildman–Crippen LogP) is 2.69. The first-order valence-corrected chi connectivity index (χ1v) is 8.96. The van der Waals surface area contributed by atoms with E-state index in [4.69, 9.17) is 9.47 Å². The van der Waals surface area contributed by atoms with Crippen LogP contribution < -0.4 is 4.90 Å². The summed E-state index contributed by atoms with van der Waals surface area (Å²) in [6.45, 7) is 2.75. The summed E-state index contributed by atoms with van der Waals surface area (Å²) in [5, 5.41) is 0. The first-order chi connectivity index (χ1) is 11.6. The van der Waals surface area contributed by atoms with Crippen LogP contribution in [0.4, 0.5) is 5.69 Å². The van der Waals surface area contributed by atoms with Gasteiger partial charge in [0, 0.05) is 10.2 Å². The van der Waals surface area contributed by atoms with Gasteiger partial charge in [0.1, 0.15) is 11.5 Å². The van der Waals surface area contributed by atoms with Crippen molar-refractivity contribution in [2.75, 3.05) is 18.1 Å². The molecule has 2 fully saturated rings. The number of hydrogen-bond donors (Lipinski definition) is 0. The average Bonchev–Trinajstić information content (AvgIpc) is 3.22. The highest BCUT2D eigenvalue weighted by Gasteiger charge is 2.67. The van der Waals surface area contributed by atoms with Gasteiger partial charge in [-0.15, -0.1) is 0 Å². The van der Waals surface area contributed by atoms with Crippen LogP contribution >= 0.6 is 15.9 Å². The number of hydrogen-bond acceptors (Lipinski definition) is 4. The minimum atomic E-state index is -0.704. The van der Waals surface area contributed by atoms with Crippen LogP contribution in [0.3, 0.4) is 0 Å². The van der Waals surface area contributed by atoms with Gasteiger partial charge in [0.15, 0.2) is 0 Å². The van der Waals surface area contributed by atoms with Gasteiger partial charge in [-0.1, -0.05) is 35.0 Å². The van der Waals surface area contributed by atoms with E-state index in [1.54, 1.807) is 4.90 Å². The molecule has 3 aliphatic rings. The number of rotatable bonds is 4. The van der Waals surface area contributed by atoms with Crippen LogP contribution in [-0.2, 0) is 19.1 Å². The minimum Gasteiger partial charge on any atom is -0.465 e. The number of carbonyl (C=O) groups excluding carboxylic acids is 2. The number of amides is 1. The molecule has 4 rings (SSSR count).